The molecular formula is C13H17NO4. The van der Waals surface area contributed by atoms with Crippen LogP contribution in [0.15, 0.2) is 30.3 Å². The summed E-state index contributed by atoms with van der Waals surface area (Å²) in [6.07, 6.45) is -0.231. The van der Waals surface area contributed by atoms with Gasteiger partial charge in [-0.1, -0.05) is 30.3 Å². The summed E-state index contributed by atoms with van der Waals surface area (Å²) in [4.78, 5) is 21.8. The third-order valence-electron chi connectivity index (χ3n) is 2.39. The molecular weight excluding hydrogens is 234 g/mol. The number of ether oxygens (including phenoxy) is 1. The Hall–Kier alpha value is -1.88. The molecule has 1 rings (SSSR count). The van der Waals surface area contributed by atoms with Crippen molar-refractivity contribution in [1.29, 1.82) is 0 Å². The minimum atomic E-state index is -1.08. The molecule has 0 unspecified atom stereocenters. The van der Waals surface area contributed by atoms with Gasteiger partial charge in [-0.25, -0.2) is 4.79 Å². The first-order chi connectivity index (χ1) is 8.59. The molecule has 0 saturated carbocycles. The van der Waals surface area contributed by atoms with E-state index in [-0.39, 0.29) is 12.5 Å². The molecule has 0 aromatic heterocycles. The molecule has 1 atom stereocenters. The number of carbonyl (C=O) groups excluding carboxylic acids is 1. The van der Waals surface area contributed by atoms with E-state index in [0.29, 0.717) is 6.54 Å². The molecule has 0 radical (unpaired) electrons. The zero-order chi connectivity index (χ0) is 13.4. The van der Waals surface area contributed by atoms with Crippen LogP contribution in [0.5, 0.6) is 0 Å². The second-order valence-corrected chi connectivity index (χ2v) is 3.88. The number of nitrogens with one attached hydrogen (secondary N) is 1. The summed E-state index contributed by atoms with van der Waals surface area (Å²) < 4.78 is 4.86. The van der Waals surface area contributed by atoms with Crippen molar-refractivity contribution in [3.8, 4) is 0 Å². The Morgan fingerprint density at radius 2 is 2.00 bits per heavy atom. The fourth-order valence-corrected chi connectivity index (χ4v) is 1.31. The second-order valence-electron chi connectivity index (χ2n) is 3.88. The summed E-state index contributed by atoms with van der Waals surface area (Å²) in [5, 5.41) is 11.2. The van der Waals surface area contributed by atoms with Crippen LogP contribution in [0.25, 0.3) is 0 Å². The zero-order valence-corrected chi connectivity index (χ0v) is 10.3. The minimum absolute atomic E-state index is 0.234. The lowest BCUT2D eigenvalue weighted by molar-refractivity contribution is -0.150. The Labute approximate surface area is 106 Å². The quantitative estimate of drug-likeness (QED) is 0.752. The summed E-state index contributed by atoms with van der Waals surface area (Å²) in [6.45, 7) is 1.66. The van der Waals surface area contributed by atoms with Crippen LogP contribution >= 0.6 is 0 Å². The topological polar surface area (TPSA) is 75.6 Å². The molecule has 0 bridgehead atoms. The predicted molar refractivity (Wildman–Crippen MR) is 66.2 cm³/mol. The third-order valence-corrected chi connectivity index (χ3v) is 2.39. The Balaban J connectivity index is 2.16. The van der Waals surface area contributed by atoms with Crippen LogP contribution in [-0.2, 0) is 20.7 Å². The number of amides is 1. The number of carboxylic acid groups (broad SMARTS) is 1. The fourth-order valence-electron chi connectivity index (χ4n) is 1.31. The molecule has 18 heavy (non-hydrogen) atoms. The van der Waals surface area contributed by atoms with Crippen LogP contribution in [0.4, 0.5) is 0 Å². The lowest BCUT2D eigenvalue weighted by atomic mass is 10.1. The average molecular weight is 251 g/mol. The molecule has 1 amide bonds. The Morgan fingerprint density at radius 1 is 1.33 bits per heavy atom. The van der Waals surface area contributed by atoms with Gasteiger partial charge in [0, 0.05) is 6.54 Å². The lowest BCUT2D eigenvalue weighted by Crippen LogP contribution is -2.32. The first-order valence-corrected chi connectivity index (χ1v) is 5.74. The van der Waals surface area contributed by atoms with Crippen molar-refractivity contribution in [3.05, 3.63) is 35.9 Å². The lowest BCUT2D eigenvalue weighted by Gasteiger charge is -2.09. The van der Waals surface area contributed by atoms with Gasteiger partial charge < -0.3 is 15.2 Å². The summed E-state index contributed by atoms with van der Waals surface area (Å²) in [7, 11) is 0. The van der Waals surface area contributed by atoms with Gasteiger partial charge in [-0.05, 0) is 18.9 Å². The molecule has 5 heteroatoms. The molecule has 0 aliphatic rings. The van der Waals surface area contributed by atoms with Crippen molar-refractivity contribution in [2.45, 2.75) is 19.4 Å². The molecule has 0 aliphatic carbocycles. The number of carboxylic acids is 1. The van der Waals surface area contributed by atoms with Gasteiger partial charge in [0.15, 0.2) is 6.10 Å². The number of carbonyl (C=O) groups is 2. The van der Waals surface area contributed by atoms with Crippen LogP contribution in [-0.4, -0.2) is 36.2 Å². The van der Waals surface area contributed by atoms with Crippen molar-refractivity contribution < 1.29 is 19.4 Å². The van der Waals surface area contributed by atoms with Crippen molar-refractivity contribution in [3.63, 3.8) is 0 Å². The van der Waals surface area contributed by atoms with Crippen LogP contribution in [0.2, 0.25) is 0 Å². The summed E-state index contributed by atoms with van der Waals surface area (Å²) >= 11 is 0. The number of aliphatic carboxylic acids is 1. The first-order valence-electron chi connectivity index (χ1n) is 5.74. The van der Waals surface area contributed by atoms with Crippen molar-refractivity contribution in [1.82, 2.24) is 5.32 Å². The van der Waals surface area contributed by atoms with Gasteiger partial charge in [0.2, 0.25) is 5.91 Å². The van der Waals surface area contributed by atoms with E-state index >= 15 is 0 Å². The van der Waals surface area contributed by atoms with E-state index in [4.69, 9.17) is 9.84 Å². The molecule has 2 N–H and O–H groups in total. The maximum absolute atomic E-state index is 11.3. The molecule has 0 aliphatic heterocycles. The summed E-state index contributed by atoms with van der Waals surface area (Å²) in [6, 6.07) is 9.77. The summed E-state index contributed by atoms with van der Waals surface area (Å²) in [5.41, 5.74) is 1.14. The van der Waals surface area contributed by atoms with Gasteiger partial charge >= 0.3 is 5.97 Å². The van der Waals surface area contributed by atoms with Crippen LogP contribution in [0, 0.1) is 0 Å². The fraction of sp³-hybridized carbons (Fsp3) is 0.385. The zero-order valence-electron chi connectivity index (χ0n) is 10.3. The third kappa shape index (κ3) is 5.45. The highest BCUT2D eigenvalue weighted by atomic mass is 16.5. The van der Waals surface area contributed by atoms with E-state index in [9.17, 15) is 9.59 Å². The largest absolute Gasteiger partial charge is 0.479 e. The molecule has 0 fully saturated rings. The molecule has 1 aromatic rings. The number of hydrogen-bond acceptors (Lipinski definition) is 3. The Kier molecular flexibility index (Phi) is 5.87. The van der Waals surface area contributed by atoms with Gasteiger partial charge in [-0.2, -0.15) is 0 Å². The van der Waals surface area contributed by atoms with E-state index in [1.807, 2.05) is 30.3 Å². The van der Waals surface area contributed by atoms with Crippen molar-refractivity contribution in [2.75, 3.05) is 13.2 Å². The van der Waals surface area contributed by atoms with Gasteiger partial charge in [-0.3, -0.25) is 4.79 Å². The molecule has 0 saturated heterocycles. The second kappa shape index (κ2) is 7.45. The van der Waals surface area contributed by atoms with Gasteiger partial charge in [0.05, 0.1) is 0 Å². The standard InChI is InChI=1S/C13H17NO4/c1-10(13(16)17)18-9-12(15)14-8-7-11-5-3-2-4-6-11/h2-6,10H,7-9H2,1H3,(H,14,15)(H,16,17)/t10-/m0/s1. The normalized spacial score (nSPS) is 11.8. The van der Waals surface area contributed by atoms with Gasteiger partial charge in [0.25, 0.3) is 0 Å². The smallest absolute Gasteiger partial charge is 0.332 e. The highest BCUT2D eigenvalue weighted by molar-refractivity contribution is 5.78. The first kappa shape index (κ1) is 14.2. The van der Waals surface area contributed by atoms with E-state index in [2.05, 4.69) is 5.32 Å². The predicted octanol–water partition coefficient (Wildman–Crippen LogP) is 0.835. The van der Waals surface area contributed by atoms with Gasteiger partial charge in [0.1, 0.15) is 6.61 Å². The monoisotopic (exact) mass is 251 g/mol. The molecule has 1 aromatic carbocycles. The van der Waals surface area contributed by atoms with Crippen LogP contribution in [0.3, 0.4) is 0 Å². The highest BCUT2D eigenvalue weighted by Crippen LogP contribution is 1.98. The van der Waals surface area contributed by atoms with Gasteiger partial charge in [-0.15, -0.1) is 0 Å². The molecule has 5 nitrogen and oxygen atoms in total. The summed E-state index contributed by atoms with van der Waals surface area (Å²) in [5.74, 6) is -1.38. The SMILES string of the molecule is C[C@H](OCC(=O)NCCc1ccccc1)C(=O)O. The van der Waals surface area contributed by atoms with E-state index in [0.717, 1.165) is 12.0 Å². The van der Waals surface area contributed by atoms with E-state index in [1.165, 1.54) is 6.92 Å². The Morgan fingerprint density at radius 3 is 2.61 bits per heavy atom. The molecule has 0 spiro atoms. The van der Waals surface area contributed by atoms with E-state index in [1.54, 1.807) is 0 Å². The maximum Gasteiger partial charge on any atom is 0.332 e. The van der Waals surface area contributed by atoms with E-state index < -0.39 is 12.1 Å². The van der Waals surface area contributed by atoms with Crippen molar-refractivity contribution >= 4 is 11.9 Å². The molecule has 0 heterocycles. The minimum Gasteiger partial charge on any atom is -0.479 e. The highest BCUT2D eigenvalue weighted by Gasteiger charge is 2.12. The van der Waals surface area contributed by atoms with Crippen LogP contribution in [0.1, 0.15) is 12.5 Å². The number of hydrogen-bond donors (Lipinski definition) is 2. The van der Waals surface area contributed by atoms with Crippen LogP contribution < -0.4 is 5.32 Å². The van der Waals surface area contributed by atoms with Crippen molar-refractivity contribution in [2.24, 2.45) is 0 Å². The maximum atomic E-state index is 11.3. The number of rotatable bonds is 7. The Bertz CT molecular complexity index is 391. The molecule has 98 valence electrons. The number of benzene rings is 1. The average Bonchev–Trinajstić information content (AvgIpc) is 2.37.